The Bertz CT molecular complexity index is 397. The van der Waals surface area contributed by atoms with Gasteiger partial charge >= 0.3 is 0 Å². The van der Waals surface area contributed by atoms with Crippen molar-refractivity contribution in [1.82, 2.24) is 10.3 Å². The predicted octanol–water partition coefficient (Wildman–Crippen LogP) is 3.62. The van der Waals surface area contributed by atoms with E-state index in [1.54, 1.807) is 0 Å². The van der Waals surface area contributed by atoms with Gasteiger partial charge in [0.05, 0.1) is 0 Å². The molecule has 1 atom stereocenters. The largest absolute Gasteiger partial charge is 0.297 e. The molecule has 0 fully saturated rings. The topological polar surface area (TPSA) is 41.3 Å². The molecule has 0 aliphatic carbocycles. The Kier molecular flexibility index (Phi) is 7.67. The zero-order valence-electron chi connectivity index (χ0n) is 13.8. The average Bonchev–Trinajstić information content (AvgIpc) is 2.52. The van der Waals surface area contributed by atoms with Crippen LogP contribution in [0.1, 0.15) is 46.1 Å². The summed E-state index contributed by atoms with van der Waals surface area (Å²) in [6.07, 6.45) is 3.06. The van der Waals surface area contributed by atoms with Crippen LogP contribution in [-0.2, 0) is 6.42 Å². The van der Waals surface area contributed by atoms with Crippen molar-refractivity contribution in [3.05, 3.63) is 34.9 Å². The minimum absolute atomic E-state index is 0.0812. The minimum atomic E-state index is 0.0812. The fourth-order valence-corrected chi connectivity index (χ4v) is 3.65. The molecule has 0 radical (unpaired) electrons. The molecule has 0 aliphatic rings. The molecular formula is C17H30ClN3. The van der Waals surface area contributed by atoms with Crippen molar-refractivity contribution < 1.29 is 0 Å². The van der Waals surface area contributed by atoms with E-state index in [0.29, 0.717) is 0 Å². The third-order valence-electron chi connectivity index (χ3n) is 4.82. The zero-order valence-corrected chi connectivity index (χ0v) is 14.6. The molecule has 1 unspecified atom stereocenters. The highest BCUT2D eigenvalue weighted by Gasteiger charge is 2.39. The van der Waals surface area contributed by atoms with Crippen molar-refractivity contribution in [1.29, 1.82) is 0 Å². The Morgan fingerprint density at radius 3 is 2.00 bits per heavy atom. The van der Waals surface area contributed by atoms with Gasteiger partial charge < -0.3 is 0 Å². The van der Waals surface area contributed by atoms with Gasteiger partial charge in [-0.1, -0.05) is 51.4 Å². The fraction of sp³-hybridized carbons (Fsp3) is 0.647. The Balaban J connectivity index is 3.04. The second-order valence-electron chi connectivity index (χ2n) is 5.53. The Labute approximate surface area is 134 Å². The van der Waals surface area contributed by atoms with Gasteiger partial charge in [0.2, 0.25) is 0 Å². The van der Waals surface area contributed by atoms with Crippen LogP contribution in [0.2, 0.25) is 5.02 Å². The molecule has 1 aromatic carbocycles. The van der Waals surface area contributed by atoms with Crippen LogP contribution in [0, 0.1) is 0 Å². The molecule has 0 bridgehead atoms. The number of hydrogen-bond donors (Lipinski definition) is 2. The van der Waals surface area contributed by atoms with Gasteiger partial charge in [0.1, 0.15) is 0 Å². The molecule has 0 aliphatic heterocycles. The molecule has 3 N–H and O–H groups in total. The lowest BCUT2D eigenvalue weighted by atomic mass is 9.80. The van der Waals surface area contributed by atoms with Crippen LogP contribution in [0.4, 0.5) is 0 Å². The van der Waals surface area contributed by atoms with Gasteiger partial charge in [0.15, 0.2) is 0 Å². The van der Waals surface area contributed by atoms with Crippen molar-refractivity contribution in [2.45, 2.75) is 58.5 Å². The standard InChI is InChI=1S/C17H30ClN3/c1-5-17(6-2,21(7-3)8-4)16(20-19)13-14-9-11-15(18)12-10-14/h9-12,16,20H,5-8,13,19H2,1-4H3. The van der Waals surface area contributed by atoms with Crippen LogP contribution in [-0.4, -0.2) is 29.6 Å². The lowest BCUT2D eigenvalue weighted by Gasteiger charge is -2.48. The summed E-state index contributed by atoms with van der Waals surface area (Å²) in [5, 5.41) is 0.775. The van der Waals surface area contributed by atoms with E-state index in [2.05, 4.69) is 50.2 Å². The van der Waals surface area contributed by atoms with Gasteiger partial charge in [0, 0.05) is 16.6 Å². The second-order valence-corrected chi connectivity index (χ2v) is 5.97. The molecule has 1 aromatic rings. The third kappa shape index (κ3) is 4.19. The van der Waals surface area contributed by atoms with Crippen LogP contribution in [0.5, 0.6) is 0 Å². The van der Waals surface area contributed by atoms with Crippen LogP contribution >= 0.6 is 11.6 Å². The molecular weight excluding hydrogens is 282 g/mol. The lowest BCUT2D eigenvalue weighted by molar-refractivity contribution is 0.0492. The van der Waals surface area contributed by atoms with E-state index in [1.165, 1.54) is 5.56 Å². The molecule has 4 heteroatoms. The maximum atomic E-state index is 5.97. The number of halogens is 1. The van der Waals surface area contributed by atoms with Gasteiger partial charge in [0.25, 0.3) is 0 Å². The number of rotatable bonds is 9. The first kappa shape index (κ1) is 18.4. The van der Waals surface area contributed by atoms with Gasteiger partial charge in [-0.15, -0.1) is 0 Å². The Morgan fingerprint density at radius 2 is 1.62 bits per heavy atom. The average molecular weight is 312 g/mol. The first-order valence-electron chi connectivity index (χ1n) is 8.03. The molecule has 0 saturated heterocycles. The zero-order chi connectivity index (χ0) is 15.9. The molecule has 0 amide bonds. The first-order valence-corrected chi connectivity index (χ1v) is 8.41. The number of hydrogen-bond acceptors (Lipinski definition) is 3. The predicted molar refractivity (Wildman–Crippen MR) is 92.5 cm³/mol. The van der Waals surface area contributed by atoms with Crippen molar-refractivity contribution in [2.75, 3.05) is 13.1 Å². The van der Waals surface area contributed by atoms with Crippen molar-refractivity contribution in [2.24, 2.45) is 5.84 Å². The molecule has 0 aromatic heterocycles. The van der Waals surface area contributed by atoms with E-state index >= 15 is 0 Å². The number of nitrogens with one attached hydrogen (secondary N) is 1. The van der Waals surface area contributed by atoms with Crippen LogP contribution < -0.4 is 11.3 Å². The smallest absolute Gasteiger partial charge is 0.0434 e. The van der Waals surface area contributed by atoms with Gasteiger partial charge in [-0.25, -0.2) is 0 Å². The Morgan fingerprint density at radius 1 is 1.10 bits per heavy atom. The Hall–Kier alpha value is -0.610. The number of benzene rings is 1. The second kappa shape index (κ2) is 8.74. The van der Waals surface area contributed by atoms with E-state index in [1.807, 2.05) is 12.1 Å². The number of likely N-dealkylation sites (N-methyl/N-ethyl adjacent to an activating group) is 1. The maximum absolute atomic E-state index is 5.97. The number of hydrazine groups is 1. The van der Waals surface area contributed by atoms with Crippen molar-refractivity contribution >= 4 is 11.6 Å². The molecule has 0 saturated carbocycles. The molecule has 0 spiro atoms. The summed E-state index contributed by atoms with van der Waals surface area (Å²) in [6, 6.07) is 8.28. The summed E-state index contributed by atoms with van der Waals surface area (Å²) in [6.45, 7) is 11.0. The van der Waals surface area contributed by atoms with Crippen LogP contribution in [0.3, 0.4) is 0 Å². The van der Waals surface area contributed by atoms with Gasteiger partial charge in [-0.2, -0.15) is 0 Å². The highest BCUT2D eigenvalue weighted by Crippen LogP contribution is 2.30. The molecule has 21 heavy (non-hydrogen) atoms. The van der Waals surface area contributed by atoms with E-state index in [-0.39, 0.29) is 11.6 Å². The summed E-state index contributed by atoms with van der Waals surface area (Å²) in [5.41, 5.74) is 4.43. The molecule has 3 nitrogen and oxygen atoms in total. The number of nitrogens with two attached hydrogens (primary N) is 1. The van der Waals surface area contributed by atoms with Crippen LogP contribution in [0.25, 0.3) is 0 Å². The monoisotopic (exact) mass is 311 g/mol. The van der Waals surface area contributed by atoms with E-state index in [9.17, 15) is 0 Å². The van der Waals surface area contributed by atoms with E-state index in [0.717, 1.165) is 37.4 Å². The van der Waals surface area contributed by atoms with Gasteiger partial charge in [-0.3, -0.25) is 16.2 Å². The summed E-state index contributed by atoms with van der Waals surface area (Å²) < 4.78 is 0. The summed E-state index contributed by atoms with van der Waals surface area (Å²) in [5.74, 6) is 5.93. The fourth-order valence-electron chi connectivity index (χ4n) is 3.52. The summed E-state index contributed by atoms with van der Waals surface area (Å²) in [7, 11) is 0. The SMILES string of the molecule is CCN(CC)C(CC)(CC)C(Cc1ccc(Cl)cc1)NN. The van der Waals surface area contributed by atoms with E-state index in [4.69, 9.17) is 17.4 Å². The first-order chi connectivity index (χ1) is 10.1. The minimum Gasteiger partial charge on any atom is -0.297 e. The lowest BCUT2D eigenvalue weighted by Crippen LogP contribution is -2.63. The molecule has 120 valence electrons. The summed E-state index contributed by atoms with van der Waals surface area (Å²) in [4.78, 5) is 2.54. The quantitative estimate of drug-likeness (QED) is 0.540. The molecule has 0 heterocycles. The normalized spacial score (nSPS) is 13.7. The highest BCUT2D eigenvalue weighted by molar-refractivity contribution is 6.30. The summed E-state index contributed by atoms with van der Waals surface area (Å²) >= 11 is 5.97. The highest BCUT2D eigenvalue weighted by atomic mass is 35.5. The van der Waals surface area contributed by atoms with Gasteiger partial charge in [-0.05, 0) is 50.0 Å². The number of nitrogens with zero attached hydrogens (tertiary/aromatic N) is 1. The molecule has 1 rings (SSSR count). The van der Waals surface area contributed by atoms with Crippen molar-refractivity contribution in [3.63, 3.8) is 0 Å². The maximum Gasteiger partial charge on any atom is 0.0434 e. The van der Waals surface area contributed by atoms with E-state index < -0.39 is 0 Å². The third-order valence-corrected chi connectivity index (χ3v) is 5.07. The van der Waals surface area contributed by atoms with Crippen molar-refractivity contribution in [3.8, 4) is 0 Å². The van der Waals surface area contributed by atoms with Crippen LogP contribution in [0.15, 0.2) is 24.3 Å².